The van der Waals surface area contributed by atoms with Gasteiger partial charge in [-0.3, -0.25) is 4.79 Å². The average molecular weight is 279 g/mol. The summed E-state index contributed by atoms with van der Waals surface area (Å²) in [6.45, 7) is 0. The number of hydrogen-bond acceptors (Lipinski definition) is 4. The number of rotatable bonds is 3. The topological polar surface area (TPSA) is 58.4 Å². The number of nitrogen functional groups attached to an aromatic ring is 1. The summed E-state index contributed by atoms with van der Waals surface area (Å²) in [5.41, 5.74) is 8.06. The minimum Gasteiger partial charge on any atom is -0.399 e. The summed E-state index contributed by atoms with van der Waals surface area (Å²) >= 11 is 1.96. The lowest BCUT2D eigenvalue weighted by molar-refractivity contribution is 0.0828. The minimum absolute atomic E-state index is 0.00552. The van der Waals surface area contributed by atoms with Gasteiger partial charge in [-0.1, -0.05) is 0 Å². The molecule has 0 bridgehead atoms. The molecule has 104 valence electrons. The van der Waals surface area contributed by atoms with Crippen LogP contribution in [0.3, 0.4) is 0 Å². The van der Waals surface area contributed by atoms with Gasteiger partial charge in [0.05, 0.1) is 5.56 Å². The zero-order chi connectivity index (χ0) is 13.8. The number of carbonyl (C=O) groups excluding carboxylic acids is 1. The summed E-state index contributed by atoms with van der Waals surface area (Å²) in [6.07, 6.45) is 2.37. The normalized spacial score (nSPS) is 18.9. The fraction of sp³-hybridized carbons (Fsp3) is 0.500. The number of thioether (sulfide) groups is 1. The van der Waals surface area contributed by atoms with Crippen LogP contribution in [0, 0.1) is 0 Å². The van der Waals surface area contributed by atoms with Gasteiger partial charge in [0, 0.05) is 37.3 Å². The summed E-state index contributed by atoms with van der Waals surface area (Å²) in [5.74, 6) is 2.33. The van der Waals surface area contributed by atoms with E-state index in [2.05, 4.69) is 5.32 Å². The predicted molar refractivity (Wildman–Crippen MR) is 82.8 cm³/mol. The first-order chi connectivity index (χ1) is 9.08. The first-order valence-electron chi connectivity index (χ1n) is 6.53. The molecule has 1 heterocycles. The van der Waals surface area contributed by atoms with Crippen molar-refractivity contribution in [3.05, 3.63) is 23.8 Å². The summed E-state index contributed by atoms with van der Waals surface area (Å²) in [6, 6.07) is 5.86. The van der Waals surface area contributed by atoms with E-state index in [9.17, 15) is 4.79 Å². The molecule has 1 fully saturated rings. The molecule has 1 saturated heterocycles. The highest BCUT2D eigenvalue weighted by Gasteiger charge is 2.18. The molecular formula is C14H21N3OS. The van der Waals surface area contributed by atoms with Gasteiger partial charge in [0.25, 0.3) is 5.91 Å². The Labute approximate surface area is 118 Å². The number of nitrogens with one attached hydrogen (secondary N) is 1. The lowest BCUT2D eigenvalue weighted by Gasteiger charge is -2.25. The van der Waals surface area contributed by atoms with Crippen molar-refractivity contribution >= 4 is 29.0 Å². The fourth-order valence-corrected chi connectivity index (χ4v) is 3.26. The van der Waals surface area contributed by atoms with E-state index in [0.29, 0.717) is 17.3 Å². The molecule has 19 heavy (non-hydrogen) atoms. The Morgan fingerprint density at radius 1 is 1.47 bits per heavy atom. The minimum atomic E-state index is 0.00552. The van der Waals surface area contributed by atoms with Gasteiger partial charge in [-0.2, -0.15) is 11.8 Å². The molecule has 1 aliphatic heterocycles. The van der Waals surface area contributed by atoms with Gasteiger partial charge in [0.15, 0.2) is 0 Å². The molecule has 4 nitrogen and oxygen atoms in total. The maximum atomic E-state index is 12.2. The van der Waals surface area contributed by atoms with Crippen molar-refractivity contribution in [2.75, 3.05) is 36.7 Å². The summed E-state index contributed by atoms with van der Waals surface area (Å²) in [5, 5.41) is 3.48. The van der Waals surface area contributed by atoms with E-state index in [4.69, 9.17) is 5.73 Å². The van der Waals surface area contributed by atoms with Gasteiger partial charge in [-0.15, -0.1) is 0 Å². The first-order valence-corrected chi connectivity index (χ1v) is 7.69. The van der Waals surface area contributed by atoms with Crippen molar-refractivity contribution in [1.29, 1.82) is 0 Å². The quantitative estimate of drug-likeness (QED) is 0.833. The molecule has 5 heteroatoms. The standard InChI is InChI=1S/C14H21N3OS/c1-17(2)14(18)12-6-5-10(15)8-13(12)16-11-4-3-7-19-9-11/h5-6,8,11,16H,3-4,7,9,15H2,1-2H3. The molecule has 1 aromatic rings. The lowest BCUT2D eigenvalue weighted by Crippen LogP contribution is -2.28. The van der Waals surface area contributed by atoms with Gasteiger partial charge >= 0.3 is 0 Å². The van der Waals surface area contributed by atoms with Gasteiger partial charge in [0.1, 0.15) is 0 Å². The van der Waals surface area contributed by atoms with Crippen molar-refractivity contribution in [2.45, 2.75) is 18.9 Å². The number of anilines is 2. The van der Waals surface area contributed by atoms with E-state index in [1.165, 1.54) is 12.2 Å². The van der Waals surface area contributed by atoms with Crippen LogP contribution in [0.15, 0.2) is 18.2 Å². The molecule has 1 aliphatic rings. The first kappa shape index (κ1) is 14.1. The molecule has 0 saturated carbocycles. The zero-order valence-electron chi connectivity index (χ0n) is 11.5. The molecule has 0 aliphatic carbocycles. The Morgan fingerprint density at radius 3 is 2.89 bits per heavy atom. The lowest BCUT2D eigenvalue weighted by atomic mass is 10.1. The second-order valence-corrected chi connectivity index (χ2v) is 6.21. The molecule has 0 aromatic heterocycles. The molecule has 1 unspecified atom stereocenters. The van der Waals surface area contributed by atoms with E-state index in [0.717, 1.165) is 17.9 Å². The highest BCUT2D eigenvalue weighted by molar-refractivity contribution is 7.99. The zero-order valence-corrected chi connectivity index (χ0v) is 12.3. The average Bonchev–Trinajstić information content (AvgIpc) is 2.39. The van der Waals surface area contributed by atoms with Crippen LogP contribution >= 0.6 is 11.8 Å². The summed E-state index contributed by atoms with van der Waals surface area (Å²) < 4.78 is 0. The predicted octanol–water partition coefficient (Wildman–Crippen LogP) is 2.28. The Morgan fingerprint density at radius 2 is 2.26 bits per heavy atom. The van der Waals surface area contributed by atoms with E-state index in [1.807, 2.05) is 17.8 Å². The maximum absolute atomic E-state index is 12.2. The van der Waals surface area contributed by atoms with Crippen LogP contribution in [0.2, 0.25) is 0 Å². The number of amides is 1. The van der Waals surface area contributed by atoms with Gasteiger partial charge < -0.3 is 16.0 Å². The van der Waals surface area contributed by atoms with Crippen LogP contribution < -0.4 is 11.1 Å². The van der Waals surface area contributed by atoms with Crippen molar-refractivity contribution < 1.29 is 4.79 Å². The number of carbonyl (C=O) groups is 1. The SMILES string of the molecule is CN(C)C(=O)c1ccc(N)cc1NC1CCCSC1. The van der Waals surface area contributed by atoms with E-state index in [-0.39, 0.29) is 5.91 Å². The third-order valence-corrected chi connectivity index (χ3v) is 4.42. The summed E-state index contributed by atoms with van der Waals surface area (Å²) in [4.78, 5) is 13.7. The highest BCUT2D eigenvalue weighted by Crippen LogP contribution is 2.25. The molecule has 1 atom stereocenters. The maximum Gasteiger partial charge on any atom is 0.255 e. The second-order valence-electron chi connectivity index (χ2n) is 5.06. The molecule has 0 spiro atoms. The Kier molecular flexibility index (Phi) is 4.58. The largest absolute Gasteiger partial charge is 0.399 e. The molecule has 0 radical (unpaired) electrons. The van der Waals surface area contributed by atoms with Gasteiger partial charge in [-0.25, -0.2) is 0 Å². The van der Waals surface area contributed by atoms with Crippen LogP contribution in [0.5, 0.6) is 0 Å². The Balaban J connectivity index is 2.21. The summed E-state index contributed by atoms with van der Waals surface area (Å²) in [7, 11) is 3.53. The number of hydrogen-bond donors (Lipinski definition) is 2. The fourth-order valence-electron chi connectivity index (χ4n) is 2.18. The smallest absolute Gasteiger partial charge is 0.255 e. The highest BCUT2D eigenvalue weighted by atomic mass is 32.2. The number of nitrogens with two attached hydrogens (primary N) is 1. The van der Waals surface area contributed by atoms with Crippen LogP contribution in [-0.4, -0.2) is 42.4 Å². The van der Waals surface area contributed by atoms with Crippen molar-refractivity contribution in [3.8, 4) is 0 Å². The van der Waals surface area contributed by atoms with Crippen LogP contribution in [0.1, 0.15) is 23.2 Å². The molecule has 1 amide bonds. The third-order valence-electron chi connectivity index (χ3n) is 3.20. The van der Waals surface area contributed by atoms with Crippen LogP contribution in [-0.2, 0) is 0 Å². The van der Waals surface area contributed by atoms with Gasteiger partial charge in [-0.05, 0) is 36.8 Å². The molecular weight excluding hydrogens is 258 g/mol. The van der Waals surface area contributed by atoms with Crippen molar-refractivity contribution in [1.82, 2.24) is 4.90 Å². The Bertz CT molecular complexity index is 456. The van der Waals surface area contributed by atoms with Crippen LogP contribution in [0.25, 0.3) is 0 Å². The molecule has 3 N–H and O–H groups in total. The molecule has 1 aromatic carbocycles. The second kappa shape index (κ2) is 6.19. The Hall–Kier alpha value is -1.36. The number of benzene rings is 1. The van der Waals surface area contributed by atoms with E-state index >= 15 is 0 Å². The number of nitrogens with zero attached hydrogens (tertiary/aromatic N) is 1. The third kappa shape index (κ3) is 3.56. The van der Waals surface area contributed by atoms with E-state index in [1.54, 1.807) is 31.1 Å². The van der Waals surface area contributed by atoms with Crippen molar-refractivity contribution in [3.63, 3.8) is 0 Å². The van der Waals surface area contributed by atoms with Gasteiger partial charge in [0.2, 0.25) is 0 Å². The monoisotopic (exact) mass is 279 g/mol. The van der Waals surface area contributed by atoms with Crippen molar-refractivity contribution in [2.24, 2.45) is 0 Å². The molecule has 2 rings (SSSR count). The van der Waals surface area contributed by atoms with E-state index < -0.39 is 0 Å². The van der Waals surface area contributed by atoms with Crippen LogP contribution in [0.4, 0.5) is 11.4 Å².